The number of carbonyl (C=O) groups excluding carboxylic acids is 1. The van der Waals surface area contributed by atoms with Crippen LogP contribution in [0.4, 0.5) is 10.1 Å². The van der Waals surface area contributed by atoms with Crippen LogP contribution in [0.3, 0.4) is 0 Å². The Hall–Kier alpha value is -3.09. The number of oxazole rings is 1. The minimum atomic E-state index is -0.536. The summed E-state index contributed by atoms with van der Waals surface area (Å²) in [6.45, 7) is 0. The van der Waals surface area contributed by atoms with Crippen molar-refractivity contribution in [1.29, 1.82) is 0 Å². The van der Waals surface area contributed by atoms with Gasteiger partial charge in [0.15, 0.2) is 5.76 Å². The number of nitrogens with one attached hydrogen (secondary N) is 1. The highest BCUT2D eigenvalue weighted by Gasteiger charge is 2.18. The summed E-state index contributed by atoms with van der Waals surface area (Å²) in [7, 11) is 0. The first-order valence-corrected chi connectivity index (χ1v) is 10.5. The van der Waals surface area contributed by atoms with Crippen LogP contribution in [0.25, 0.3) is 22.6 Å². The minimum absolute atomic E-state index is 0.0480. The Morgan fingerprint density at radius 3 is 2.33 bits per heavy atom. The van der Waals surface area contributed by atoms with Crippen molar-refractivity contribution >= 4 is 35.0 Å². The van der Waals surface area contributed by atoms with E-state index in [9.17, 15) is 9.18 Å². The molecule has 0 bridgehead atoms. The lowest BCUT2D eigenvalue weighted by Crippen LogP contribution is -2.14. The van der Waals surface area contributed by atoms with Crippen LogP contribution >= 0.6 is 23.4 Å². The average molecular weight is 439 g/mol. The van der Waals surface area contributed by atoms with Crippen molar-refractivity contribution in [3.8, 4) is 22.6 Å². The van der Waals surface area contributed by atoms with E-state index in [0.717, 1.165) is 16.8 Å². The Morgan fingerprint density at radius 2 is 1.67 bits per heavy atom. The normalized spacial score (nSPS) is 10.7. The molecule has 0 saturated carbocycles. The zero-order chi connectivity index (χ0) is 20.9. The Balaban J connectivity index is 1.52. The number of carbonyl (C=O) groups is 1. The van der Waals surface area contributed by atoms with Crippen molar-refractivity contribution in [1.82, 2.24) is 4.98 Å². The molecule has 1 amide bonds. The van der Waals surface area contributed by atoms with E-state index in [1.807, 2.05) is 60.7 Å². The molecular weight excluding hydrogens is 423 g/mol. The monoisotopic (exact) mass is 438 g/mol. The Kier molecular flexibility index (Phi) is 6.16. The van der Waals surface area contributed by atoms with Crippen molar-refractivity contribution in [2.75, 3.05) is 11.1 Å². The average Bonchev–Trinajstić information content (AvgIpc) is 3.21. The molecule has 1 heterocycles. The van der Waals surface area contributed by atoms with Gasteiger partial charge in [0.2, 0.25) is 5.91 Å². The first kappa shape index (κ1) is 20.2. The number of halogens is 2. The highest BCUT2D eigenvalue weighted by Crippen LogP contribution is 2.35. The molecule has 0 unspecified atom stereocenters. The van der Waals surface area contributed by atoms with Crippen molar-refractivity contribution in [2.24, 2.45) is 0 Å². The van der Waals surface area contributed by atoms with Crippen LogP contribution in [0.1, 0.15) is 0 Å². The Bertz CT molecular complexity index is 1110. The second-order valence-electron chi connectivity index (χ2n) is 6.36. The zero-order valence-corrected chi connectivity index (χ0v) is 17.2. The van der Waals surface area contributed by atoms with Crippen LogP contribution in [-0.4, -0.2) is 16.6 Å². The van der Waals surface area contributed by atoms with E-state index in [2.05, 4.69) is 10.3 Å². The quantitative estimate of drug-likeness (QED) is 0.347. The van der Waals surface area contributed by atoms with Gasteiger partial charge in [-0.05, 0) is 18.2 Å². The minimum Gasteiger partial charge on any atom is -0.431 e. The molecule has 3 aromatic carbocycles. The number of nitrogens with zero attached hydrogens (tertiary/aromatic N) is 1. The summed E-state index contributed by atoms with van der Waals surface area (Å²) < 4.78 is 19.2. The lowest BCUT2D eigenvalue weighted by molar-refractivity contribution is -0.113. The van der Waals surface area contributed by atoms with E-state index in [0.29, 0.717) is 16.7 Å². The molecule has 0 saturated heterocycles. The smallest absolute Gasteiger partial charge is 0.257 e. The lowest BCUT2D eigenvalue weighted by atomic mass is 10.1. The lowest BCUT2D eigenvalue weighted by Gasteiger charge is -2.04. The number of thioether (sulfide) groups is 1. The molecule has 30 heavy (non-hydrogen) atoms. The van der Waals surface area contributed by atoms with Crippen molar-refractivity contribution in [2.45, 2.75) is 5.22 Å². The molecule has 1 N–H and O–H groups in total. The van der Waals surface area contributed by atoms with Gasteiger partial charge >= 0.3 is 0 Å². The maximum atomic E-state index is 13.3. The summed E-state index contributed by atoms with van der Waals surface area (Å²) in [6, 6.07) is 23.5. The number of hydrogen-bond acceptors (Lipinski definition) is 4. The van der Waals surface area contributed by atoms with Crippen LogP contribution < -0.4 is 5.32 Å². The summed E-state index contributed by atoms with van der Waals surface area (Å²) in [6.07, 6.45) is 0. The van der Waals surface area contributed by atoms with Gasteiger partial charge in [-0.15, -0.1) is 0 Å². The highest BCUT2D eigenvalue weighted by molar-refractivity contribution is 7.99. The number of benzene rings is 3. The largest absolute Gasteiger partial charge is 0.431 e. The fourth-order valence-corrected chi connectivity index (χ4v) is 3.64. The van der Waals surface area contributed by atoms with Crippen LogP contribution in [0.2, 0.25) is 5.02 Å². The number of rotatable bonds is 6. The van der Waals surface area contributed by atoms with Gasteiger partial charge in [0, 0.05) is 16.8 Å². The maximum absolute atomic E-state index is 13.3. The molecule has 0 aliphatic carbocycles. The second-order valence-corrected chi connectivity index (χ2v) is 7.69. The van der Waals surface area contributed by atoms with Gasteiger partial charge < -0.3 is 9.73 Å². The molecular formula is C23H16ClFN2O2S. The molecule has 0 radical (unpaired) electrons. The van der Waals surface area contributed by atoms with E-state index in [4.69, 9.17) is 16.0 Å². The number of hydrogen-bond donors (Lipinski definition) is 1. The summed E-state index contributed by atoms with van der Waals surface area (Å²) in [5, 5.41) is 3.03. The third-order valence-corrected chi connectivity index (χ3v) is 5.34. The molecule has 150 valence electrons. The number of amides is 1. The molecule has 7 heteroatoms. The van der Waals surface area contributed by atoms with E-state index < -0.39 is 5.82 Å². The van der Waals surface area contributed by atoms with Gasteiger partial charge in [-0.25, -0.2) is 9.37 Å². The van der Waals surface area contributed by atoms with Crippen LogP contribution in [0.5, 0.6) is 0 Å². The molecule has 0 fully saturated rings. The third kappa shape index (κ3) is 4.72. The second kappa shape index (κ2) is 9.15. The Morgan fingerprint density at radius 1 is 1.00 bits per heavy atom. The van der Waals surface area contributed by atoms with Gasteiger partial charge in [-0.2, -0.15) is 0 Å². The highest BCUT2D eigenvalue weighted by atomic mass is 35.5. The third-order valence-electron chi connectivity index (χ3n) is 4.22. The summed E-state index contributed by atoms with van der Waals surface area (Å²) in [5.41, 5.74) is 2.97. The van der Waals surface area contributed by atoms with E-state index in [-0.39, 0.29) is 16.7 Å². The maximum Gasteiger partial charge on any atom is 0.257 e. The molecule has 1 aromatic heterocycles. The molecule has 0 atom stereocenters. The predicted octanol–water partition coefficient (Wildman–Crippen LogP) is 6.53. The first-order chi connectivity index (χ1) is 14.6. The van der Waals surface area contributed by atoms with Gasteiger partial charge in [-0.3, -0.25) is 4.79 Å². The fraction of sp³-hybridized carbons (Fsp3) is 0.0435. The first-order valence-electron chi connectivity index (χ1n) is 9.09. The zero-order valence-electron chi connectivity index (χ0n) is 15.6. The van der Waals surface area contributed by atoms with Gasteiger partial charge in [0.1, 0.15) is 11.5 Å². The molecule has 0 spiro atoms. The van der Waals surface area contributed by atoms with Gasteiger partial charge in [0.05, 0.1) is 10.8 Å². The molecule has 0 aliphatic heterocycles. The van der Waals surface area contributed by atoms with Crippen molar-refractivity contribution in [3.63, 3.8) is 0 Å². The van der Waals surface area contributed by atoms with E-state index in [1.165, 1.54) is 30.0 Å². The summed E-state index contributed by atoms with van der Waals surface area (Å²) in [5.74, 6) is -0.0815. The summed E-state index contributed by atoms with van der Waals surface area (Å²) in [4.78, 5) is 16.9. The van der Waals surface area contributed by atoms with Crippen LogP contribution in [-0.2, 0) is 4.79 Å². The molecule has 4 nitrogen and oxygen atoms in total. The summed E-state index contributed by atoms with van der Waals surface area (Å²) >= 11 is 6.93. The van der Waals surface area contributed by atoms with Crippen molar-refractivity contribution < 1.29 is 13.6 Å². The topological polar surface area (TPSA) is 55.1 Å². The fourth-order valence-electron chi connectivity index (χ4n) is 2.84. The standard InChI is InChI=1S/C23H16ClFN2O2S/c24-18-13-17(11-12-19(18)25)26-20(28)14-30-23-27-21(15-7-3-1-4-8-15)22(29-23)16-9-5-2-6-10-16/h1-13H,14H2,(H,26,28). The van der Waals surface area contributed by atoms with Crippen molar-refractivity contribution in [3.05, 3.63) is 89.7 Å². The molecule has 0 aliphatic rings. The Labute approximate surface area is 182 Å². The van der Waals surface area contributed by atoms with E-state index >= 15 is 0 Å². The van der Waals surface area contributed by atoms with Gasteiger partial charge in [-0.1, -0.05) is 84.0 Å². The SMILES string of the molecule is O=C(CSc1nc(-c2ccccc2)c(-c2ccccc2)o1)Nc1ccc(F)c(Cl)c1. The van der Waals surface area contributed by atoms with Crippen LogP contribution in [0, 0.1) is 5.82 Å². The number of aromatic nitrogens is 1. The predicted molar refractivity (Wildman–Crippen MR) is 118 cm³/mol. The van der Waals surface area contributed by atoms with E-state index in [1.54, 1.807) is 0 Å². The molecule has 4 aromatic rings. The molecule has 4 rings (SSSR count). The number of anilines is 1. The van der Waals surface area contributed by atoms with Crippen LogP contribution in [0.15, 0.2) is 88.5 Å². The van der Waals surface area contributed by atoms with Gasteiger partial charge in [0.25, 0.3) is 5.22 Å².